The average molecular weight is 391 g/mol. The van der Waals surface area contributed by atoms with Crippen LogP contribution in [0.4, 0.5) is 5.69 Å². The van der Waals surface area contributed by atoms with Crippen LogP contribution in [0.2, 0.25) is 0 Å². The lowest BCUT2D eigenvalue weighted by atomic mass is 9.96. The maximum Gasteiger partial charge on any atom is 0.255 e. The molecule has 150 valence electrons. The number of anilines is 1. The van der Waals surface area contributed by atoms with E-state index in [2.05, 4.69) is 15.6 Å². The molecule has 4 rings (SSSR count). The lowest BCUT2D eigenvalue weighted by Gasteiger charge is -2.14. The van der Waals surface area contributed by atoms with Crippen molar-refractivity contribution in [2.75, 3.05) is 32.6 Å². The van der Waals surface area contributed by atoms with Crippen molar-refractivity contribution in [1.82, 2.24) is 10.3 Å². The summed E-state index contributed by atoms with van der Waals surface area (Å²) >= 11 is 0. The molecule has 0 saturated carbocycles. The van der Waals surface area contributed by atoms with Crippen molar-refractivity contribution in [2.24, 2.45) is 5.92 Å². The summed E-state index contributed by atoms with van der Waals surface area (Å²) in [6.45, 7) is 2.05. The van der Waals surface area contributed by atoms with Crippen LogP contribution in [0.25, 0.3) is 10.9 Å². The zero-order valence-corrected chi connectivity index (χ0v) is 16.7. The number of fused-ring (bicyclic) bond motifs is 1. The van der Waals surface area contributed by atoms with E-state index in [1.54, 1.807) is 26.5 Å². The molecule has 0 radical (unpaired) electrons. The first-order valence-electron chi connectivity index (χ1n) is 9.79. The number of hydrogen-bond acceptors (Lipinski definition) is 5. The number of methoxy groups -OCH3 is 2. The van der Waals surface area contributed by atoms with Gasteiger partial charge in [-0.25, -0.2) is 0 Å². The highest BCUT2D eigenvalue weighted by atomic mass is 16.5. The van der Waals surface area contributed by atoms with E-state index in [0.29, 0.717) is 17.2 Å². The standard InChI is InChI=1S/C23H25N3O3/c1-28-20-4-5-21-17(12-20)11-19(14-25-21)26-23(27)16-3-6-22(29-2)18(10-16)9-15-7-8-24-13-15/h3-6,10-12,14-15,24H,7-9,13H2,1-2H3,(H,26,27). The first kappa shape index (κ1) is 19.2. The second-order valence-electron chi connectivity index (χ2n) is 7.33. The second-order valence-corrected chi connectivity index (χ2v) is 7.33. The third-order valence-electron chi connectivity index (χ3n) is 5.36. The Morgan fingerprint density at radius 2 is 2.07 bits per heavy atom. The van der Waals surface area contributed by atoms with Crippen LogP contribution in [0.5, 0.6) is 11.5 Å². The van der Waals surface area contributed by atoms with Crippen molar-refractivity contribution in [3.8, 4) is 11.5 Å². The van der Waals surface area contributed by atoms with E-state index in [9.17, 15) is 4.79 Å². The van der Waals surface area contributed by atoms with Gasteiger partial charge in [-0.15, -0.1) is 0 Å². The largest absolute Gasteiger partial charge is 0.497 e. The van der Waals surface area contributed by atoms with Crippen LogP contribution in [0.1, 0.15) is 22.3 Å². The number of ether oxygens (including phenoxy) is 2. The molecule has 1 aromatic heterocycles. The van der Waals surface area contributed by atoms with Crippen molar-refractivity contribution in [2.45, 2.75) is 12.8 Å². The molecule has 2 aromatic carbocycles. The summed E-state index contributed by atoms with van der Waals surface area (Å²) in [5.41, 5.74) is 3.17. The van der Waals surface area contributed by atoms with Crippen LogP contribution in [0.3, 0.4) is 0 Å². The van der Waals surface area contributed by atoms with E-state index in [1.807, 2.05) is 36.4 Å². The molecule has 29 heavy (non-hydrogen) atoms. The normalized spacial score (nSPS) is 16.0. The number of carbonyl (C=O) groups is 1. The Hall–Kier alpha value is -3.12. The van der Waals surface area contributed by atoms with E-state index >= 15 is 0 Å². The molecule has 0 aliphatic carbocycles. The van der Waals surface area contributed by atoms with Gasteiger partial charge in [-0.3, -0.25) is 9.78 Å². The van der Waals surface area contributed by atoms with Gasteiger partial charge in [-0.05, 0) is 79.9 Å². The Morgan fingerprint density at radius 1 is 1.17 bits per heavy atom. The molecule has 1 atom stereocenters. The summed E-state index contributed by atoms with van der Waals surface area (Å²) in [5.74, 6) is 1.99. The Kier molecular flexibility index (Phi) is 5.62. The van der Waals surface area contributed by atoms with Gasteiger partial charge >= 0.3 is 0 Å². The number of hydrogen-bond donors (Lipinski definition) is 2. The molecule has 0 bridgehead atoms. The predicted octanol–water partition coefficient (Wildman–Crippen LogP) is 3.66. The average Bonchev–Trinajstić information content (AvgIpc) is 3.26. The zero-order chi connectivity index (χ0) is 20.2. The fourth-order valence-corrected chi connectivity index (χ4v) is 3.79. The highest BCUT2D eigenvalue weighted by molar-refractivity contribution is 6.05. The van der Waals surface area contributed by atoms with Crippen molar-refractivity contribution < 1.29 is 14.3 Å². The van der Waals surface area contributed by atoms with Crippen molar-refractivity contribution in [3.05, 3.63) is 59.8 Å². The van der Waals surface area contributed by atoms with Gasteiger partial charge in [0.25, 0.3) is 5.91 Å². The van der Waals surface area contributed by atoms with Crippen LogP contribution < -0.4 is 20.1 Å². The van der Waals surface area contributed by atoms with E-state index in [0.717, 1.165) is 53.9 Å². The first-order valence-corrected chi connectivity index (χ1v) is 9.79. The van der Waals surface area contributed by atoms with Gasteiger partial charge in [0.05, 0.1) is 31.6 Å². The molecule has 0 spiro atoms. The van der Waals surface area contributed by atoms with Gasteiger partial charge in [0, 0.05) is 10.9 Å². The van der Waals surface area contributed by atoms with Gasteiger partial charge < -0.3 is 20.1 Å². The Bertz CT molecular complexity index is 1030. The molecule has 3 aromatic rings. The molecular weight excluding hydrogens is 366 g/mol. The number of nitrogens with zero attached hydrogens (tertiary/aromatic N) is 1. The number of rotatable bonds is 6. The number of pyridine rings is 1. The molecule has 1 amide bonds. The summed E-state index contributed by atoms with van der Waals surface area (Å²) in [5, 5.41) is 7.25. The number of benzene rings is 2. The minimum Gasteiger partial charge on any atom is -0.497 e. The molecular formula is C23H25N3O3. The summed E-state index contributed by atoms with van der Waals surface area (Å²) in [6.07, 6.45) is 3.71. The molecule has 6 heteroatoms. The van der Waals surface area contributed by atoms with Crippen LogP contribution in [0.15, 0.2) is 48.7 Å². The zero-order valence-electron chi connectivity index (χ0n) is 16.7. The SMILES string of the molecule is COc1ccc2ncc(NC(=O)c3ccc(OC)c(CC4CCNC4)c3)cc2c1. The van der Waals surface area contributed by atoms with E-state index in [1.165, 1.54) is 0 Å². The smallest absolute Gasteiger partial charge is 0.255 e. The number of amides is 1. The third-order valence-corrected chi connectivity index (χ3v) is 5.36. The monoisotopic (exact) mass is 391 g/mol. The van der Waals surface area contributed by atoms with Crippen molar-refractivity contribution in [1.29, 1.82) is 0 Å². The predicted molar refractivity (Wildman–Crippen MR) is 114 cm³/mol. The van der Waals surface area contributed by atoms with Gasteiger partial charge in [0.2, 0.25) is 0 Å². The van der Waals surface area contributed by atoms with Gasteiger partial charge in [-0.1, -0.05) is 0 Å². The molecule has 1 saturated heterocycles. The van der Waals surface area contributed by atoms with Crippen LogP contribution in [-0.2, 0) is 6.42 Å². The van der Waals surface area contributed by atoms with Gasteiger partial charge in [0.15, 0.2) is 0 Å². The quantitative estimate of drug-likeness (QED) is 0.671. The van der Waals surface area contributed by atoms with Crippen LogP contribution in [0, 0.1) is 5.92 Å². The Morgan fingerprint density at radius 3 is 2.83 bits per heavy atom. The number of aromatic nitrogens is 1. The van der Waals surface area contributed by atoms with Crippen LogP contribution >= 0.6 is 0 Å². The Balaban J connectivity index is 1.55. The summed E-state index contributed by atoms with van der Waals surface area (Å²) in [4.78, 5) is 17.3. The topological polar surface area (TPSA) is 72.5 Å². The highest BCUT2D eigenvalue weighted by Gasteiger charge is 2.18. The molecule has 1 fully saturated rings. The first-order chi connectivity index (χ1) is 14.2. The maximum atomic E-state index is 12.8. The van der Waals surface area contributed by atoms with Gasteiger partial charge in [0.1, 0.15) is 11.5 Å². The van der Waals surface area contributed by atoms with Crippen molar-refractivity contribution in [3.63, 3.8) is 0 Å². The fraction of sp³-hybridized carbons (Fsp3) is 0.304. The fourth-order valence-electron chi connectivity index (χ4n) is 3.79. The summed E-state index contributed by atoms with van der Waals surface area (Å²) < 4.78 is 10.8. The minimum atomic E-state index is -0.164. The van der Waals surface area contributed by atoms with E-state index in [4.69, 9.17) is 9.47 Å². The van der Waals surface area contributed by atoms with E-state index < -0.39 is 0 Å². The second kappa shape index (κ2) is 8.49. The Labute approximate surface area is 170 Å². The molecule has 1 unspecified atom stereocenters. The lowest BCUT2D eigenvalue weighted by Crippen LogP contribution is -2.14. The minimum absolute atomic E-state index is 0.164. The highest BCUT2D eigenvalue weighted by Crippen LogP contribution is 2.26. The molecule has 2 heterocycles. The summed E-state index contributed by atoms with van der Waals surface area (Å²) in [6, 6.07) is 13.2. The molecule has 6 nitrogen and oxygen atoms in total. The maximum absolute atomic E-state index is 12.8. The van der Waals surface area contributed by atoms with Gasteiger partial charge in [-0.2, -0.15) is 0 Å². The van der Waals surface area contributed by atoms with E-state index in [-0.39, 0.29) is 5.91 Å². The van der Waals surface area contributed by atoms with Crippen LogP contribution in [-0.4, -0.2) is 38.2 Å². The molecule has 1 aliphatic rings. The third kappa shape index (κ3) is 4.32. The number of nitrogens with one attached hydrogen (secondary N) is 2. The van der Waals surface area contributed by atoms with Crippen molar-refractivity contribution >= 4 is 22.5 Å². The number of carbonyl (C=O) groups excluding carboxylic acids is 1. The molecule has 2 N–H and O–H groups in total. The summed E-state index contributed by atoms with van der Waals surface area (Å²) in [7, 11) is 3.30. The lowest BCUT2D eigenvalue weighted by molar-refractivity contribution is 0.102. The molecule has 1 aliphatic heterocycles.